The van der Waals surface area contributed by atoms with Gasteiger partial charge in [-0.2, -0.15) is 0 Å². The van der Waals surface area contributed by atoms with Crippen LogP contribution in [-0.2, 0) is 13.1 Å². The molecule has 1 aromatic heterocycles. The van der Waals surface area contributed by atoms with Gasteiger partial charge in [-0.15, -0.1) is 35.3 Å². The minimum absolute atomic E-state index is 0. The fourth-order valence-electron chi connectivity index (χ4n) is 3.50. The van der Waals surface area contributed by atoms with Crippen molar-refractivity contribution in [1.82, 2.24) is 20.5 Å². The summed E-state index contributed by atoms with van der Waals surface area (Å²) in [5.74, 6) is 1.36. The van der Waals surface area contributed by atoms with Crippen molar-refractivity contribution in [3.05, 3.63) is 51.5 Å². The lowest BCUT2D eigenvalue weighted by Crippen LogP contribution is -2.48. The van der Waals surface area contributed by atoms with Gasteiger partial charge in [0.1, 0.15) is 0 Å². The number of halogens is 1. The Balaban J connectivity index is 0.00000300. The molecule has 0 atom stereocenters. The molecule has 0 saturated carbocycles. The van der Waals surface area contributed by atoms with Crippen molar-refractivity contribution >= 4 is 41.3 Å². The molecule has 0 bridgehead atoms. The third-order valence-corrected chi connectivity index (χ3v) is 6.50. The zero-order chi connectivity index (χ0) is 19.9. The number of piperidine rings is 1. The predicted molar refractivity (Wildman–Crippen MR) is 134 cm³/mol. The van der Waals surface area contributed by atoms with Crippen molar-refractivity contribution in [3.8, 4) is 0 Å². The van der Waals surface area contributed by atoms with Gasteiger partial charge in [0.2, 0.25) is 0 Å². The van der Waals surface area contributed by atoms with Gasteiger partial charge in [-0.3, -0.25) is 9.89 Å². The number of aromatic nitrogens is 1. The van der Waals surface area contributed by atoms with Crippen molar-refractivity contribution in [3.63, 3.8) is 0 Å². The Hall–Kier alpha value is -1.19. The fraction of sp³-hybridized carbons (Fsp3) is 0.545. The fourth-order valence-corrected chi connectivity index (χ4v) is 4.33. The smallest absolute Gasteiger partial charge is 0.191 e. The number of nitrogens with one attached hydrogen (secondary N) is 2. The largest absolute Gasteiger partial charge is 0.354 e. The van der Waals surface area contributed by atoms with Gasteiger partial charge < -0.3 is 10.6 Å². The van der Waals surface area contributed by atoms with Gasteiger partial charge in [0, 0.05) is 44.0 Å². The summed E-state index contributed by atoms with van der Waals surface area (Å²) in [5.41, 5.74) is 3.91. The molecule has 1 aliphatic rings. The van der Waals surface area contributed by atoms with Crippen LogP contribution in [0.1, 0.15) is 54.4 Å². The number of hydrogen-bond acceptors (Lipinski definition) is 4. The molecule has 1 aromatic carbocycles. The molecule has 160 valence electrons. The summed E-state index contributed by atoms with van der Waals surface area (Å²) in [6.45, 7) is 10.6. The van der Waals surface area contributed by atoms with Crippen molar-refractivity contribution in [1.29, 1.82) is 0 Å². The summed E-state index contributed by atoms with van der Waals surface area (Å²) >= 11 is 1.74. The molecule has 5 nitrogen and oxygen atoms in total. The molecule has 0 amide bonds. The number of hydrogen-bond donors (Lipinski definition) is 2. The molecule has 1 saturated heterocycles. The van der Waals surface area contributed by atoms with Crippen LogP contribution in [0.4, 0.5) is 0 Å². The zero-order valence-corrected chi connectivity index (χ0v) is 21.1. The summed E-state index contributed by atoms with van der Waals surface area (Å²) in [7, 11) is 1.84. The molecular weight excluding hydrogens is 493 g/mol. The Morgan fingerprint density at radius 2 is 2.00 bits per heavy atom. The highest BCUT2D eigenvalue weighted by Gasteiger charge is 2.20. The molecule has 0 spiro atoms. The maximum Gasteiger partial charge on any atom is 0.191 e. The molecule has 3 rings (SSSR count). The van der Waals surface area contributed by atoms with Crippen LogP contribution in [0.5, 0.6) is 0 Å². The van der Waals surface area contributed by atoms with Gasteiger partial charge in [-0.1, -0.05) is 38.1 Å². The average molecular weight is 528 g/mol. The second-order valence-electron chi connectivity index (χ2n) is 7.88. The van der Waals surface area contributed by atoms with Crippen LogP contribution in [0, 0.1) is 6.92 Å². The normalized spacial score (nSPS) is 16.0. The minimum atomic E-state index is 0. The van der Waals surface area contributed by atoms with E-state index in [2.05, 4.69) is 75.9 Å². The summed E-state index contributed by atoms with van der Waals surface area (Å²) in [6, 6.07) is 9.17. The average Bonchev–Trinajstić information content (AvgIpc) is 3.17. The Morgan fingerprint density at radius 3 is 2.62 bits per heavy atom. The lowest BCUT2D eigenvalue weighted by molar-refractivity contribution is 0.198. The van der Waals surface area contributed by atoms with Crippen LogP contribution in [-0.4, -0.2) is 42.0 Å². The highest BCUT2D eigenvalue weighted by molar-refractivity contribution is 14.0. The van der Waals surface area contributed by atoms with Crippen LogP contribution in [0.3, 0.4) is 0 Å². The second-order valence-corrected chi connectivity index (χ2v) is 8.77. The molecule has 2 N–H and O–H groups in total. The zero-order valence-electron chi connectivity index (χ0n) is 17.9. The van der Waals surface area contributed by atoms with E-state index in [1.54, 1.807) is 11.3 Å². The second kappa shape index (κ2) is 11.9. The first-order valence-electron chi connectivity index (χ1n) is 10.2. The van der Waals surface area contributed by atoms with E-state index in [0.717, 1.165) is 50.7 Å². The molecule has 7 heteroatoms. The number of aliphatic imine (C=N–C) groups is 1. The number of aryl methyl sites for hydroxylation is 1. The van der Waals surface area contributed by atoms with Gasteiger partial charge in [0.05, 0.1) is 17.2 Å². The standard InChI is InChI=1S/C22H33N5S.HI/c1-16(2)21-25-20(15-28-21)13-24-22(23-4)26-19-9-11-27(12-10-19)14-18-8-6-5-7-17(18)3;/h5-8,15-16,19H,9-14H2,1-4H3,(H2,23,24,26);1H. The van der Waals surface area contributed by atoms with Crippen molar-refractivity contribution < 1.29 is 0 Å². The molecular formula is C22H34IN5S. The van der Waals surface area contributed by atoms with E-state index in [1.807, 2.05) is 7.05 Å². The van der Waals surface area contributed by atoms with E-state index in [0.29, 0.717) is 12.0 Å². The first kappa shape index (κ1) is 24.1. The highest BCUT2D eigenvalue weighted by Crippen LogP contribution is 2.19. The number of benzene rings is 1. The molecule has 0 aliphatic carbocycles. The SMILES string of the molecule is CN=C(NCc1csc(C(C)C)n1)NC1CCN(Cc2ccccc2C)CC1.I. The van der Waals surface area contributed by atoms with Crippen LogP contribution < -0.4 is 10.6 Å². The number of nitrogens with zero attached hydrogens (tertiary/aromatic N) is 3. The Bertz CT molecular complexity index is 781. The van der Waals surface area contributed by atoms with Crippen LogP contribution in [0.25, 0.3) is 0 Å². The van der Waals surface area contributed by atoms with Gasteiger partial charge in [-0.25, -0.2) is 4.98 Å². The number of likely N-dealkylation sites (tertiary alicyclic amines) is 1. The summed E-state index contributed by atoms with van der Waals surface area (Å²) in [5, 5.41) is 10.3. The van der Waals surface area contributed by atoms with E-state index in [-0.39, 0.29) is 24.0 Å². The minimum Gasteiger partial charge on any atom is -0.354 e. The van der Waals surface area contributed by atoms with Crippen LogP contribution in [0.2, 0.25) is 0 Å². The van der Waals surface area contributed by atoms with E-state index in [9.17, 15) is 0 Å². The van der Waals surface area contributed by atoms with E-state index < -0.39 is 0 Å². The van der Waals surface area contributed by atoms with Crippen molar-refractivity contribution in [2.24, 2.45) is 4.99 Å². The summed E-state index contributed by atoms with van der Waals surface area (Å²) in [4.78, 5) is 11.6. The molecule has 0 radical (unpaired) electrons. The number of guanidine groups is 1. The Kier molecular flexibility index (Phi) is 9.85. The molecule has 1 aliphatic heterocycles. The summed E-state index contributed by atoms with van der Waals surface area (Å²) < 4.78 is 0. The van der Waals surface area contributed by atoms with Gasteiger partial charge in [-0.05, 0) is 30.9 Å². The molecule has 1 fully saturated rings. The van der Waals surface area contributed by atoms with Gasteiger partial charge >= 0.3 is 0 Å². The third-order valence-electron chi connectivity index (χ3n) is 5.31. The Labute approximate surface area is 196 Å². The van der Waals surface area contributed by atoms with Crippen LogP contribution in [0.15, 0.2) is 34.6 Å². The predicted octanol–water partition coefficient (Wildman–Crippen LogP) is 4.52. The van der Waals surface area contributed by atoms with E-state index >= 15 is 0 Å². The van der Waals surface area contributed by atoms with Gasteiger partial charge in [0.15, 0.2) is 5.96 Å². The lowest BCUT2D eigenvalue weighted by Gasteiger charge is -2.33. The Morgan fingerprint density at radius 1 is 1.28 bits per heavy atom. The number of thiazole rings is 1. The highest BCUT2D eigenvalue weighted by atomic mass is 127. The third kappa shape index (κ3) is 7.22. The number of rotatable bonds is 6. The van der Waals surface area contributed by atoms with E-state index in [4.69, 9.17) is 0 Å². The monoisotopic (exact) mass is 527 g/mol. The molecule has 0 unspecified atom stereocenters. The lowest BCUT2D eigenvalue weighted by atomic mass is 10.0. The summed E-state index contributed by atoms with van der Waals surface area (Å²) in [6.07, 6.45) is 2.28. The first-order valence-corrected chi connectivity index (χ1v) is 11.1. The maximum atomic E-state index is 4.69. The van der Waals surface area contributed by atoms with Crippen LogP contribution >= 0.6 is 35.3 Å². The van der Waals surface area contributed by atoms with Crippen molar-refractivity contribution in [2.45, 2.75) is 58.7 Å². The van der Waals surface area contributed by atoms with Gasteiger partial charge in [0.25, 0.3) is 0 Å². The maximum absolute atomic E-state index is 4.69. The first-order chi connectivity index (χ1) is 13.5. The quantitative estimate of drug-likeness (QED) is 0.330. The van der Waals surface area contributed by atoms with Crippen molar-refractivity contribution in [2.75, 3.05) is 20.1 Å². The topological polar surface area (TPSA) is 52.6 Å². The molecule has 29 heavy (non-hydrogen) atoms. The molecule has 2 heterocycles. The van der Waals surface area contributed by atoms with E-state index in [1.165, 1.54) is 16.1 Å². The molecule has 2 aromatic rings.